The SMILES string of the molecule is CCc1nc(CSC2CCCCC2)nc2c1CNCC2. The highest BCUT2D eigenvalue weighted by Gasteiger charge is 2.18. The van der Waals surface area contributed by atoms with Gasteiger partial charge in [-0.15, -0.1) is 0 Å². The summed E-state index contributed by atoms with van der Waals surface area (Å²) in [4.78, 5) is 9.65. The highest BCUT2D eigenvalue weighted by Crippen LogP contribution is 2.30. The van der Waals surface area contributed by atoms with Crippen molar-refractivity contribution in [2.75, 3.05) is 6.54 Å². The van der Waals surface area contributed by atoms with E-state index < -0.39 is 0 Å². The number of hydrogen-bond acceptors (Lipinski definition) is 4. The quantitative estimate of drug-likeness (QED) is 0.924. The molecule has 110 valence electrons. The number of aromatic nitrogens is 2. The zero-order chi connectivity index (χ0) is 13.8. The topological polar surface area (TPSA) is 37.8 Å². The van der Waals surface area contributed by atoms with Crippen molar-refractivity contribution in [2.45, 2.75) is 69.4 Å². The van der Waals surface area contributed by atoms with E-state index in [1.807, 2.05) is 0 Å². The van der Waals surface area contributed by atoms with Gasteiger partial charge in [0, 0.05) is 36.0 Å². The van der Waals surface area contributed by atoms with Gasteiger partial charge in [0.15, 0.2) is 0 Å². The minimum atomic E-state index is 0.843. The summed E-state index contributed by atoms with van der Waals surface area (Å²) >= 11 is 2.08. The Labute approximate surface area is 126 Å². The lowest BCUT2D eigenvalue weighted by molar-refractivity contribution is 0.516. The predicted molar refractivity (Wildman–Crippen MR) is 85.0 cm³/mol. The second-order valence-electron chi connectivity index (χ2n) is 5.86. The zero-order valence-corrected chi connectivity index (χ0v) is 13.3. The standard InChI is InChI=1S/C16H25N3S/c1-2-14-13-10-17-9-8-15(13)19-16(18-14)11-20-12-6-4-3-5-7-12/h12,17H,2-11H2,1H3. The van der Waals surface area contributed by atoms with E-state index in [-0.39, 0.29) is 0 Å². The molecule has 1 fully saturated rings. The van der Waals surface area contributed by atoms with Gasteiger partial charge < -0.3 is 5.32 Å². The number of hydrogen-bond donors (Lipinski definition) is 1. The Bertz CT molecular complexity index is 438. The van der Waals surface area contributed by atoms with Crippen molar-refractivity contribution in [3.05, 3.63) is 22.8 Å². The fraction of sp³-hybridized carbons (Fsp3) is 0.750. The van der Waals surface area contributed by atoms with E-state index in [2.05, 4.69) is 24.0 Å². The Balaban J connectivity index is 1.69. The second kappa shape index (κ2) is 6.90. The van der Waals surface area contributed by atoms with Crippen molar-refractivity contribution in [2.24, 2.45) is 0 Å². The molecule has 1 saturated carbocycles. The summed E-state index contributed by atoms with van der Waals surface area (Å²) in [7, 11) is 0. The molecule has 2 heterocycles. The number of thioether (sulfide) groups is 1. The van der Waals surface area contributed by atoms with Gasteiger partial charge in [0.2, 0.25) is 0 Å². The summed E-state index contributed by atoms with van der Waals surface area (Å²) in [6.45, 7) is 4.21. The molecular formula is C16H25N3S. The van der Waals surface area contributed by atoms with Gasteiger partial charge in [-0.2, -0.15) is 11.8 Å². The van der Waals surface area contributed by atoms with Gasteiger partial charge in [-0.25, -0.2) is 9.97 Å². The molecule has 1 aliphatic carbocycles. The number of rotatable bonds is 4. The van der Waals surface area contributed by atoms with Crippen LogP contribution < -0.4 is 5.32 Å². The van der Waals surface area contributed by atoms with Crippen molar-refractivity contribution in [1.82, 2.24) is 15.3 Å². The summed E-state index contributed by atoms with van der Waals surface area (Å²) in [5.41, 5.74) is 3.93. The third-order valence-corrected chi connectivity index (χ3v) is 5.77. The Morgan fingerprint density at radius 1 is 1.20 bits per heavy atom. The molecule has 0 saturated heterocycles. The van der Waals surface area contributed by atoms with E-state index in [4.69, 9.17) is 9.97 Å². The maximum absolute atomic E-state index is 4.83. The molecule has 0 aromatic carbocycles. The molecule has 2 aliphatic rings. The third kappa shape index (κ3) is 3.34. The van der Waals surface area contributed by atoms with Crippen LogP contribution >= 0.6 is 11.8 Å². The van der Waals surface area contributed by atoms with E-state index in [0.717, 1.165) is 42.8 Å². The molecule has 20 heavy (non-hydrogen) atoms. The predicted octanol–water partition coefficient (Wildman–Crippen LogP) is 3.25. The summed E-state index contributed by atoms with van der Waals surface area (Å²) in [6, 6.07) is 0. The monoisotopic (exact) mass is 291 g/mol. The number of fused-ring (bicyclic) bond motifs is 1. The lowest BCUT2D eigenvalue weighted by Crippen LogP contribution is -2.27. The van der Waals surface area contributed by atoms with Crippen LogP contribution in [-0.4, -0.2) is 21.8 Å². The van der Waals surface area contributed by atoms with E-state index >= 15 is 0 Å². The maximum Gasteiger partial charge on any atom is 0.138 e. The molecule has 0 bridgehead atoms. The minimum Gasteiger partial charge on any atom is -0.312 e. The van der Waals surface area contributed by atoms with Crippen molar-refractivity contribution in [3.8, 4) is 0 Å². The Kier molecular flexibility index (Phi) is 4.94. The molecule has 1 aromatic heterocycles. The van der Waals surface area contributed by atoms with E-state index in [9.17, 15) is 0 Å². The first kappa shape index (κ1) is 14.3. The molecule has 0 spiro atoms. The fourth-order valence-corrected chi connectivity index (χ4v) is 4.43. The first-order valence-corrected chi connectivity index (χ1v) is 9.11. The van der Waals surface area contributed by atoms with Gasteiger partial charge in [-0.3, -0.25) is 0 Å². The molecular weight excluding hydrogens is 266 g/mol. The van der Waals surface area contributed by atoms with Gasteiger partial charge in [0.1, 0.15) is 5.82 Å². The normalized spacial score (nSPS) is 19.9. The van der Waals surface area contributed by atoms with Crippen LogP contribution in [0.1, 0.15) is 61.8 Å². The lowest BCUT2D eigenvalue weighted by Gasteiger charge is -2.22. The highest BCUT2D eigenvalue weighted by atomic mass is 32.2. The van der Waals surface area contributed by atoms with E-state index in [1.165, 1.54) is 49.1 Å². The third-order valence-electron chi connectivity index (χ3n) is 4.40. The zero-order valence-electron chi connectivity index (χ0n) is 12.5. The molecule has 1 N–H and O–H groups in total. The Morgan fingerprint density at radius 3 is 2.85 bits per heavy atom. The van der Waals surface area contributed by atoms with Crippen LogP contribution in [0.3, 0.4) is 0 Å². The van der Waals surface area contributed by atoms with E-state index in [1.54, 1.807) is 0 Å². The number of aryl methyl sites for hydroxylation is 1. The lowest BCUT2D eigenvalue weighted by atomic mass is 10.0. The van der Waals surface area contributed by atoms with Crippen LogP contribution in [-0.2, 0) is 25.1 Å². The van der Waals surface area contributed by atoms with Gasteiger partial charge in [0.25, 0.3) is 0 Å². The molecule has 0 radical (unpaired) electrons. The van der Waals surface area contributed by atoms with Crippen LogP contribution in [0.5, 0.6) is 0 Å². The van der Waals surface area contributed by atoms with E-state index in [0.29, 0.717) is 0 Å². The van der Waals surface area contributed by atoms with Crippen molar-refractivity contribution in [1.29, 1.82) is 0 Å². The largest absolute Gasteiger partial charge is 0.312 e. The van der Waals surface area contributed by atoms with Crippen LogP contribution in [0.2, 0.25) is 0 Å². The number of nitrogens with one attached hydrogen (secondary N) is 1. The molecule has 4 heteroatoms. The van der Waals surface area contributed by atoms with Crippen molar-refractivity contribution in [3.63, 3.8) is 0 Å². The average molecular weight is 291 g/mol. The molecule has 1 aromatic rings. The van der Waals surface area contributed by atoms with Gasteiger partial charge in [-0.1, -0.05) is 26.2 Å². The molecule has 0 amide bonds. The minimum absolute atomic E-state index is 0.843. The first-order valence-electron chi connectivity index (χ1n) is 8.06. The smallest absolute Gasteiger partial charge is 0.138 e. The van der Waals surface area contributed by atoms with Gasteiger partial charge in [-0.05, 0) is 19.3 Å². The van der Waals surface area contributed by atoms with Crippen molar-refractivity contribution >= 4 is 11.8 Å². The Morgan fingerprint density at radius 2 is 2.05 bits per heavy atom. The molecule has 3 nitrogen and oxygen atoms in total. The Hall–Kier alpha value is -0.610. The molecule has 0 atom stereocenters. The van der Waals surface area contributed by atoms with Crippen LogP contribution in [0.25, 0.3) is 0 Å². The summed E-state index contributed by atoms with van der Waals surface area (Å²) < 4.78 is 0. The fourth-order valence-electron chi connectivity index (χ4n) is 3.25. The molecule has 3 rings (SSSR count). The first-order chi connectivity index (χ1) is 9.86. The van der Waals surface area contributed by atoms with Gasteiger partial charge in [0.05, 0.1) is 11.4 Å². The maximum atomic E-state index is 4.83. The summed E-state index contributed by atoms with van der Waals surface area (Å²) in [5, 5.41) is 4.28. The van der Waals surface area contributed by atoms with Crippen molar-refractivity contribution < 1.29 is 0 Å². The van der Waals surface area contributed by atoms with Crippen LogP contribution in [0, 0.1) is 0 Å². The van der Waals surface area contributed by atoms with Crippen LogP contribution in [0.4, 0.5) is 0 Å². The summed E-state index contributed by atoms with van der Waals surface area (Å²) in [5.74, 6) is 2.07. The van der Waals surface area contributed by atoms with Gasteiger partial charge >= 0.3 is 0 Å². The summed E-state index contributed by atoms with van der Waals surface area (Å²) in [6.07, 6.45) is 9.11. The molecule has 1 aliphatic heterocycles. The highest BCUT2D eigenvalue weighted by molar-refractivity contribution is 7.99. The van der Waals surface area contributed by atoms with Crippen LogP contribution in [0.15, 0.2) is 0 Å². The number of nitrogens with zero attached hydrogens (tertiary/aromatic N) is 2. The average Bonchev–Trinajstić information content (AvgIpc) is 2.53. The second-order valence-corrected chi connectivity index (χ2v) is 7.15. The molecule has 0 unspecified atom stereocenters.